The Labute approximate surface area is 73.0 Å². The van der Waals surface area contributed by atoms with Crippen molar-refractivity contribution in [1.82, 2.24) is 0 Å². The molecule has 0 aliphatic carbocycles. The highest BCUT2D eigenvalue weighted by Crippen LogP contribution is 2.15. The van der Waals surface area contributed by atoms with Crippen LogP contribution in [0.2, 0.25) is 0 Å². The minimum Gasteiger partial charge on any atom is -0.399 e. The molecule has 1 aromatic carbocycles. The van der Waals surface area contributed by atoms with Gasteiger partial charge in [0.1, 0.15) is 5.82 Å². The van der Waals surface area contributed by atoms with Crippen molar-refractivity contribution in [3.05, 3.63) is 28.5 Å². The zero-order valence-corrected chi connectivity index (χ0v) is 7.38. The molecule has 0 aliphatic heterocycles. The predicted octanol–water partition coefficient (Wildman–Crippen LogP) is 2.59. The molecule has 10 heavy (non-hydrogen) atoms. The van der Waals surface area contributed by atoms with Gasteiger partial charge in [0.2, 0.25) is 0 Å². The van der Waals surface area contributed by atoms with Crippen molar-refractivity contribution in [3.8, 4) is 0 Å². The summed E-state index contributed by atoms with van der Waals surface area (Å²) in [6, 6.07) is 4.27. The van der Waals surface area contributed by atoms with E-state index in [0.29, 0.717) is 10.2 Å². The number of hydrogen-bond acceptors (Lipinski definition) is 1. The first kappa shape index (κ1) is 9.72. The van der Waals surface area contributed by atoms with Gasteiger partial charge in [-0.3, -0.25) is 0 Å². The molecule has 56 valence electrons. The smallest absolute Gasteiger partial charge is 0.126 e. The van der Waals surface area contributed by atoms with E-state index in [9.17, 15) is 4.39 Å². The fourth-order valence-corrected chi connectivity index (χ4v) is 1.06. The van der Waals surface area contributed by atoms with Crippen LogP contribution in [0.3, 0.4) is 0 Å². The highest BCUT2D eigenvalue weighted by atomic mass is 79.9. The van der Waals surface area contributed by atoms with Crippen molar-refractivity contribution in [3.63, 3.8) is 0 Å². The lowest BCUT2D eigenvalue weighted by Gasteiger charge is -1.93. The van der Waals surface area contributed by atoms with Crippen molar-refractivity contribution in [2.24, 2.45) is 0 Å². The Bertz CT molecular complexity index is 179. The lowest BCUT2D eigenvalue weighted by Crippen LogP contribution is -1.84. The van der Waals surface area contributed by atoms with E-state index in [2.05, 4.69) is 15.9 Å². The Morgan fingerprint density at radius 3 is 2.30 bits per heavy atom. The maximum absolute atomic E-state index is 12.3. The molecule has 0 radical (unpaired) electrons. The number of nitrogen functional groups attached to an aromatic ring is 1. The average molecular weight is 226 g/mol. The first-order valence-corrected chi connectivity index (χ1v) is 3.19. The van der Waals surface area contributed by atoms with Gasteiger partial charge in [0.15, 0.2) is 0 Å². The van der Waals surface area contributed by atoms with Gasteiger partial charge in [-0.05, 0) is 18.2 Å². The van der Waals surface area contributed by atoms with E-state index >= 15 is 0 Å². The summed E-state index contributed by atoms with van der Waals surface area (Å²) in [5.74, 6) is -0.318. The molecule has 1 rings (SSSR count). The highest BCUT2D eigenvalue weighted by molar-refractivity contribution is 9.10. The fraction of sp³-hybridized carbons (Fsp3) is 0. The van der Waals surface area contributed by atoms with Crippen LogP contribution < -0.4 is 5.73 Å². The lowest BCUT2D eigenvalue weighted by atomic mass is 10.3. The monoisotopic (exact) mass is 225 g/mol. The second kappa shape index (κ2) is 3.78. The molecular formula is C6H6BrClFN. The Kier molecular flexibility index (Phi) is 3.68. The summed E-state index contributed by atoms with van der Waals surface area (Å²) < 4.78 is 13.0. The van der Waals surface area contributed by atoms with E-state index in [4.69, 9.17) is 5.73 Å². The van der Waals surface area contributed by atoms with Crippen molar-refractivity contribution < 1.29 is 4.39 Å². The van der Waals surface area contributed by atoms with Gasteiger partial charge in [0, 0.05) is 10.2 Å². The fourth-order valence-electron chi connectivity index (χ4n) is 0.575. The van der Waals surface area contributed by atoms with E-state index in [0.717, 1.165) is 0 Å². The topological polar surface area (TPSA) is 26.0 Å². The van der Waals surface area contributed by atoms with Gasteiger partial charge in [-0.25, -0.2) is 4.39 Å². The Hall–Kier alpha value is -0.280. The number of benzene rings is 1. The zero-order valence-electron chi connectivity index (χ0n) is 4.97. The number of anilines is 1. The Morgan fingerprint density at radius 2 is 1.90 bits per heavy atom. The maximum atomic E-state index is 12.3. The van der Waals surface area contributed by atoms with Crippen LogP contribution in [0, 0.1) is 5.82 Å². The summed E-state index contributed by atoms with van der Waals surface area (Å²) >= 11 is 3.09. The molecule has 0 saturated carbocycles. The largest absolute Gasteiger partial charge is 0.399 e. The zero-order chi connectivity index (χ0) is 6.85. The van der Waals surface area contributed by atoms with Gasteiger partial charge in [-0.2, -0.15) is 0 Å². The Morgan fingerprint density at radius 1 is 1.30 bits per heavy atom. The summed E-state index contributed by atoms with van der Waals surface area (Å²) in [4.78, 5) is 0. The number of nitrogens with two attached hydrogens (primary N) is 1. The number of rotatable bonds is 0. The van der Waals surface area contributed by atoms with Crippen LogP contribution in [0.1, 0.15) is 0 Å². The first-order valence-electron chi connectivity index (χ1n) is 2.40. The van der Waals surface area contributed by atoms with E-state index in [1.807, 2.05) is 0 Å². The van der Waals surface area contributed by atoms with Crippen LogP contribution in [0.15, 0.2) is 22.7 Å². The molecule has 0 saturated heterocycles. The van der Waals surface area contributed by atoms with E-state index < -0.39 is 0 Å². The molecular weight excluding hydrogens is 220 g/mol. The molecule has 0 amide bonds. The van der Waals surface area contributed by atoms with Crippen LogP contribution >= 0.6 is 28.3 Å². The van der Waals surface area contributed by atoms with Crippen LogP contribution in [0.25, 0.3) is 0 Å². The van der Waals surface area contributed by atoms with E-state index in [1.165, 1.54) is 12.1 Å². The molecule has 0 atom stereocenters. The van der Waals surface area contributed by atoms with Crippen molar-refractivity contribution in [1.29, 1.82) is 0 Å². The summed E-state index contributed by atoms with van der Waals surface area (Å²) in [6.07, 6.45) is 0. The second-order valence-corrected chi connectivity index (χ2v) is 2.62. The molecule has 0 unspecified atom stereocenters. The SMILES string of the molecule is Cl.Nc1cc(F)cc(Br)c1. The minimum atomic E-state index is -0.318. The minimum absolute atomic E-state index is 0. The van der Waals surface area contributed by atoms with Crippen molar-refractivity contribution in [2.75, 3.05) is 5.73 Å². The summed E-state index contributed by atoms with van der Waals surface area (Å²) in [7, 11) is 0. The molecule has 1 nitrogen and oxygen atoms in total. The quantitative estimate of drug-likeness (QED) is 0.676. The molecule has 4 heteroatoms. The third-order valence-corrected chi connectivity index (χ3v) is 1.34. The van der Waals surface area contributed by atoms with Crippen LogP contribution in [0.5, 0.6) is 0 Å². The van der Waals surface area contributed by atoms with Gasteiger partial charge in [0.05, 0.1) is 0 Å². The Balaban J connectivity index is 0.000000810. The van der Waals surface area contributed by atoms with E-state index in [1.54, 1.807) is 6.07 Å². The molecule has 2 N–H and O–H groups in total. The van der Waals surface area contributed by atoms with E-state index in [-0.39, 0.29) is 18.2 Å². The second-order valence-electron chi connectivity index (χ2n) is 1.70. The van der Waals surface area contributed by atoms with Gasteiger partial charge in [-0.1, -0.05) is 15.9 Å². The maximum Gasteiger partial charge on any atom is 0.126 e. The summed E-state index contributed by atoms with van der Waals surface area (Å²) in [5, 5.41) is 0. The van der Waals surface area contributed by atoms with Gasteiger partial charge < -0.3 is 5.73 Å². The number of halogens is 3. The molecule has 0 aromatic heterocycles. The standard InChI is InChI=1S/C6H5BrFN.ClH/c7-4-1-5(8)3-6(9)2-4;/h1-3H,9H2;1H. The van der Waals surface area contributed by atoms with Crippen LogP contribution in [-0.2, 0) is 0 Å². The summed E-state index contributed by atoms with van der Waals surface area (Å²) in [5.41, 5.74) is 5.72. The average Bonchev–Trinajstić information content (AvgIpc) is 1.59. The predicted molar refractivity (Wildman–Crippen MR) is 45.8 cm³/mol. The third-order valence-electron chi connectivity index (χ3n) is 0.885. The molecule has 0 spiro atoms. The van der Waals surface area contributed by atoms with Crippen LogP contribution in [-0.4, -0.2) is 0 Å². The molecule has 1 aromatic rings. The molecule has 0 bridgehead atoms. The van der Waals surface area contributed by atoms with Crippen LogP contribution in [0.4, 0.5) is 10.1 Å². The lowest BCUT2D eigenvalue weighted by molar-refractivity contribution is 0.627. The van der Waals surface area contributed by atoms with Crippen molar-refractivity contribution in [2.45, 2.75) is 0 Å². The highest BCUT2D eigenvalue weighted by Gasteiger charge is 1.92. The first-order chi connectivity index (χ1) is 4.18. The molecule has 0 fully saturated rings. The van der Waals surface area contributed by atoms with Crippen molar-refractivity contribution >= 4 is 34.0 Å². The third kappa shape index (κ3) is 2.54. The summed E-state index contributed by atoms with van der Waals surface area (Å²) in [6.45, 7) is 0. The molecule has 0 heterocycles. The van der Waals surface area contributed by atoms with Gasteiger partial charge in [-0.15, -0.1) is 12.4 Å². The number of hydrogen-bond donors (Lipinski definition) is 1. The normalized spacial score (nSPS) is 8.60. The van der Waals surface area contributed by atoms with Gasteiger partial charge >= 0.3 is 0 Å². The molecule has 0 aliphatic rings. The van der Waals surface area contributed by atoms with Gasteiger partial charge in [0.25, 0.3) is 0 Å².